The predicted octanol–water partition coefficient (Wildman–Crippen LogP) is 5.28. The monoisotopic (exact) mass is 406 g/mol. The maximum atomic E-state index is 13.5. The number of alkyl halides is 7. The number of aromatic nitrogens is 3. The van der Waals surface area contributed by atoms with Crippen LogP contribution in [0.25, 0.3) is 16.6 Å². The van der Waals surface area contributed by atoms with Gasteiger partial charge < -0.3 is 5.32 Å². The molecule has 0 amide bonds. The molecule has 0 saturated carbocycles. The molecule has 0 bridgehead atoms. The Balaban J connectivity index is 2.32. The third-order valence-corrected chi connectivity index (χ3v) is 4.10. The smallest absolute Gasteiger partial charge is 0.372 e. The van der Waals surface area contributed by atoms with Gasteiger partial charge >= 0.3 is 12.4 Å². The molecule has 0 unspecified atom stereocenters. The number of pyridine rings is 1. The van der Waals surface area contributed by atoms with E-state index >= 15 is 0 Å². The minimum absolute atomic E-state index is 0.122. The first-order chi connectivity index (χ1) is 13.0. The summed E-state index contributed by atoms with van der Waals surface area (Å²) in [5.41, 5.74) is -2.56. The van der Waals surface area contributed by atoms with Crippen molar-refractivity contribution in [1.29, 1.82) is 0 Å². The zero-order valence-electron chi connectivity index (χ0n) is 14.5. The third kappa shape index (κ3) is 3.36. The Labute approximate surface area is 154 Å². The molecule has 0 fully saturated rings. The first-order valence-corrected chi connectivity index (χ1v) is 7.89. The molecule has 0 aliphatic carbocycles. The van der Waals surface area contributed by atoms with E-state index in [2.05, 4.69) is 15.4 Å². The maximum Gasteiger partial charge on any atom is 0.434 e. The first kappa shape index (κ1) is 19.9. The lowest BCUT2D eigenvalue weighted by molar-refractivity contribution is -0.140. The van der Waals surface area contributed by atoms with E-state index in [0.717, 1.165) is 28.9 Å². The summed E-state index contributed by atoms with van der Waals surface area (Å²) < 4.78 is 93.0. The van der Waals surface area contributed by atoms with Crippen LogP contribution in [0.3, 0.4) is 0 Å². The fourth-order valence-corrected chi connectivity index (χ4v) is 2.91. The molecule has 0 spiro atoms. The van der Waals surface area contributed by atoms with E-state index in [-0.39, 0.29) is 22.6 Å². The summed E-state index contributed by atoms with van der Waals surface area (Å²) >= 11 is 0. The molecular weight excluding hydrogens is 393 g/mol. The Morgan fingerprint density at radius 2 is 1.71 bits per heavy atom. The first-order valence-electron chi connectivity index (χ1n) is 7.89. The van der Waals surface area contributed by atoms with Gasteiger partial charge in [0.2, 0.25) is 0 Å². The quantitative estimate of drug-likeness (QED) is 0.602. The topological polar surface area (TPSA) is 42.7 Å². The lowest BCUT2D eigenvalue weighted by Gasteiger charge is -2.14. The number of halogens is 7. The molecule has 150 valence electrons. The van der Waals surface area contributed by atoms with Crippen LogP contribution in [0.4, 0.5) is 36.6 Å². The van der Waals surface area contributed by atoms with Gasteiger partial charge in [-0.2, -0.15) is 31.4 Å². The van der Waals surface area contributed by atoms with Gasteiger partial charge in [0.15, 0.2) is 5.69 Å². The van der Waals surface area contributed by atoms with Crippen molar-refractivity contribution in [3.63, 3.8) is 0 Å². The van der Waals surface area contributed by atoms with Gasteiger partial charge in [0.1, 0.15) is 12.5 Å². The van der Waals surface area contributed by atoms with Gasteiger partial charge in [-0.15, -0.1) is 0 Å². The molecule has 0 radical (unpaired) electrons. The number of nitrogens with one attached hydrogen (secondary N) is 1. The van der Waals surface area contributed by atoms with Gasteiger partial charge in [-0.3, -0.25) is 0 Å². The molecule has 4 nitrogen and oxygen atoms in total. The van der Waals surface area contributed by atoms with E-state index in [1.165, 1.54) is 14.0 Å². The van der Waals surface area contributed by atoms with Crippen LogP contribution < -0.4 is 5.32 Å². The lowest BCUT2D eigenvalue weighted by Crippen LogP contribution is -2.11. The van der Waals surface area contributed by atoms with E-state index in [1.54, 1.807) is 0 Å². The molecule has 0 atom stereocenters. The molecule has 2 aromatic heterocycles. The van der Waals surface area contributed by atoms with Crippen LogP contribution in [0.15, 0.2) is 24.3 Å². The number of hydrogen-bond donors (Lipinski definition) is 1. The molecule has 3 aromatic rings. The van der Waals surface area contributed by atoms with Crippen molar-refractivity contribution in [2.75, 3.05) is 12.4 Å². The number of rotatable bonds is 3. The van der Waals surface area contributed by atoms with Crippen LogP contribution in [0.5, 0.6) is 0 Å². The molecule has 0 aliphatic heterocycles. The summed E-state index contributed by atoms with van der Waals surface area (Å²) in [6.45, 7) is 0.159. The summed E-state index contributed by atoms with van der Waals surface area (Å²) in [5.74, 6) is -0.122. The van der Waals surface area contributed by atoms with Crippen molar-refractivity contribution in [2.45, 2.75) is 26.0 Å². The molecule has 3 rings (SSSR count). The van der Waals surface area contributed by atoms with Crippen LogP contribution in [-0.4, -0.2) is 21.8 Å². The zero-order chi connectivity index (χ0) is 20.9. The van der Waals surface area contributed by atoms with Crippen LogP contribution >= 0.6 is 0 Å². The fourth-order valence-electron chi connectivity index (χ4n) is 2.91. The van der Waals surface area contributed by atoms with Crippen LogP contribution in [0, 0.1) is 6.92 Å². The van der Waals surface area contributed by atoms with E-state index in [4.69, 9.17) is 0 Å². The highest BCUT2D eigenvalue weighted by Crippen LogP contribution is 2.39. The summed E-state index contributed by atoms with van der Waals surface area (Å²) in [4.78, 5) is 3.33. The molecule has 0 saturated heterocycles. The summed E-state index contributed by atoms with van der Waals surface area (Å²) in [7, 11) is 1.34. The predicted molar refractivity (Wildman–Crippen MR) is 88.0 cm³/mol. The summed E-state index contributed by atoms with van der Waals surface area (Å²) in [6.07, 6.45) is -9.44. The maximum absolute atomic E-state index is 13.5. The Morgan fingerprint density at radius 3 is 2.21 bits per heavy atom. The number of anilines is 1. The van der Waals surface area contributed by atoms with Crippen LogP contribution in [0.1, 0.15) is 22.5 Å². The second kappa shape index (κ2) is 6.64. The minimum Gasteiger partial charge on any atom is -0.372 e. The summed E-state index contributed by atoms with van der Waals surface area (Å²) in [5, 5.41) is 6.24. The minimum atomic E-state index is -4.88. The van der Waals surface area contributed by atoms with E-state index < -0.39 is 41.4 Å². The number of nitrogens with zero attached hydrogens (tertiary/aromatic N) is 3. The van der Waals surface area contributed by atoms with Gasteiger partial charge in [0.05, 0.1) is 27.8 Å². The largest absolute Gasteiger partial charge is 0.434 e. The molecule has 0 aliphatic rings. The van der Waals surface area contributed by atoms with Gasteiger partial charge in [-0.25, -0.2) is 14.1 Å². The molecule has 1 N–H and O–H groups in total. The Bertz CT molecular complexity index is 1030. The molecule has 2 heterocycles. The van der Waals surface area contributed by atoms with Crippen molar-refractivity contribution in [1.82, 2.24) is 14.8 Å². The summed E-state index contributed by atoms with van der Waals surface area (Å²) in [6, 6.07) is 3.87. The molecule has 11 heteroatoms. The standard InChI is InChI=1S/C17H13F7N4/c1-8-5-9(16(19,20)21)3-4-12(8)28-15(25-2)13-11(27-28)6-10(7-18)26-14(13)17(22,23)24/h3-6,25H,7H2,1-2H3. The fraction of sp³-hybridized carbons (Fsp3) is 0.294. The second-order valence-electron chi connectivity index (χ2n) is 6.00. The van der Waals surface area contributed by atoms with Crippen molar-refractivity contribution in [2.24, 2.45) is 0 Å². The zero-order valence-corrected chi connectivity index (χ0v) is 14.5. The number of aryl methyl sites for hydroxylation is 1. The van der Waals surface area contributed by atoms with Gasteiger partial charge in [-0.1, -0.05) is 0 Å². The highest BCUT2D eigenvalue weighted by atomic mass is 19.4. The normalized spacial score (nSPS) is 12.6. The van der Waals surface area contributed by atoms with Crippen molar-refractivity contribution < 1.29 is 30.7 Å². The van der Waals surface area contributed by atoms with Crippen molar-refractivity contribution >= 4 is 16.7 Å². The van der Waals surface area contributed by atoms with Crippen LogP contribution in [0.2, 0.25) is 0 Å². The van der Waals surface area contributed by atoms with Crippen LogP contribution in [-0.2, 0) is 19.0 Å². The second-order valence-corrected chi connectivity index (χ2v) is 6.00. The third-order valence-electron chi connectivity index (χ3n) is 4.10. The average molecular weight is 406 g/mol. The van der Waals surface area contributed by atoms with Gasteiger partial charge in [0.25, 0.3) is 0 Å². The Kier molecular flexibility index (Phi) is 4.72. The SMILES string of the molecule is CNc1c2c(C(F)(F)F)nc(CF)cc2nn1-c1ccc(C(F)(F)F)cc1C. The molecule has 1 aromatic carbocycles. The van der Waals surface area contributed by atoms with E-state index in [1.807, 2.05) is 0 Å². The number of benzene rings is 1. The highest BCUT2D eigenvalue weighted by molar-refractivity contribution is 5.93. The lowest BCUT2D eigenvalue weighted by atomic mass is 10.1. The van der Waals surface area contributed by atoms with Gasteiger partial charge in [-0.05, 0) is 36.8 Å². The molecule has 28 heavy (non-hydrogen) atoms. The Hall–Kier alpha value is -2.85. The number of hydrogen-bond acceptors (Lipinski definition) is 3. The Morgan fingerprint density at radius 1 is 1.04 bits per heavy atom. The van der Waals surface area contributed by atoms with E-state index in [9.17, 15) is 30.7 Å². The van der Waals surface area contributed by atoms with Crippen molar-refractivity contribution in [3.8, 4) is 5.69 Å². The number of fused-ring (bicyclic) bond motifs is 1. The highest BCUT2D eigenvalue weighted by Gasteiger charge is 2.38. The van der Waals surface area contributed by atoms with E-state index in [0.29, 0.717) is 0 Å². The van der Waals surface area contributed by atoms with Gasteiger partial charge in [0, 0.05) is 7.05 Å². The average Bonchev–Trinajstić information content (AvgIpc) is 2.96. The molecular formula is C17H13F7N4. The van der Waals surface area contributed by atoms with Crippen molar-refractivity contribution in [3.05, 3.63) is 46.8 Å².